The van der Waals surface area contributed by atoms with Crippen molar-refractivity contribution in [2.45, 2.75) is 19.8 Å². The fourth-order valence-electron chi connectivity index (χ4n) is 0.925. The highest BCUT2D eigenvalue weighted by Crippen LogP contribution is 2.15. The fraction of sp³-hybridized carbons (Fsp3) is 1.00. The van der Waals surface area contributed by atoms with Gasteiger partial charge in [0.05, 0.1) is 12.4 Å². The van der Waals surface area contributed by atoms with Crippen LogP contribution < -0.4 is 0 Å². The minimum atomic E-state index is -3.15. The largest absolute Gasteiger partial charge is 0.270 e. The van der Waals surface area contributed by atoms with E-state index in [9.17, 15) is 8.42 Å². The molecule has 1 aliphatic heterocycles. The summed E-state index contributed by atoms with van der Waals surface area (Å²) in [6.07, 6.45) is 1.60. The molecule has 0 spiro atoms. The lowest BCUT2D eigenvalue weighted by atomic mass is 10.1. The molecule has 1 aliphatic rings. The van der Waals surface area contributed by atoms with Gasteiger partial charge in [0, 0.05) is 0 Å². The SMILES string of the molecule is CC1CCOS(=O)(=O)CC1. The lowest BCUT2D eigenvalue weighted by Crippen LogP contribution is -2.07. The molecule has 0 amide bonds. The Hall–Kier alpha value is -0.0900. The summed E-state index contributed by atoms with van der Waals surface area (Å²) in [7, 11) is -3.15. The molecule has 0 aromatic carbocycles. The van der Waals surface area contributed by atoms with Crippen molar-refractivity contribution < 1.29 is 12.6 Å². The monoisotopic (exact) mass is 164 g/mol. The van der Waals surface area contributed by atoms with Crippen molar-refractivity contribution in [2.75, 3.05) is 12.4 Å². The van der Waals surface area contributed by atoms with Crippen LogP contribution in [0.3, 0.4) is 0 Å². The summed E-state index contributed by atoms with van der Waals surface area (Å²) in [5.41, 5.74) is 0. The van der Waals surface area contributed by atoms with Gasteiger partial charge in [0.2, 0.25) is 0 Å². The minimum Gasteiger partial charge on any atom is -0.270 e. The van der Waals surface area contributed by atoms with Crippen molar-refractivity contribution in [2.24, 2.45) is 5.92 Å². The van der Waals surface area contributed by atoms with E-state index >= 15 is 0 Å². The number of hydrogen-bond donors (Lipinski definition) is 0. The van der Waals surface area contributed by atoms with Crippen LogP contribution in [0.15, 0.2) is 0 Å². The van der Waals surface area contributed by atoms with E-state index in [1.807, 2.05) is 6.92 Å². The Morgan fingerprint density at radius 3 is 2.80 bits per heavy atom. The lowest BCUT2D eigenvalue weighted by Gasteiger charge is -2.00. The zero-order valence-electron chi connectivity index (χ0n) is 6.04. The topological polar surface area (TPSA) is 43.4 Å². The molecule has 10 heavy (non-hydrogen) atoms. The van der Waals surface area contributed by atoms with Crippen molar-refractivity contribution in [1.82, 2.24) is 0 Å². The first kappa shape index (κ1) is 8.01. The van der Waals surface area contributed by atoms with Gasteiger partial charge in [-0.3, -0.25) is 4.18 Å². The van der Waals surface area contributed by atoms with Crippen LogP contribution in [0.25, 0.3) is 0 Å². The van der Waals surface area contributed by atoms with Gasteiger partial charge in [-0.05, 0) is 18.8 Å². The quantitative estimate of drug-likeness (QED) is 0.496. The van der Waals surface area contributed by atoms with Gasteiger partial charge in [-0.15, -0.1) is 0 Å². The summed E-state index contributed by atoms with van der Waals surface area (Å²) < 4.78 is 26.2. The summed E-state index contributed by atoms with van der Waals surface area (Å²) in [5, 5.41) is 0. The predicted molar refractivity (Wildman–Crippen MR) is 38.1 cm³/mol. The van der Waals surface area contributed by atoms with Gasteiger partial charge in [0.15, 0.2) is 0 Å². The molecule has 1 saturated heterocycles. The second-order valence-corrected chi connectivity index (χ2v) is 4.53. The Bertz CT molecular complexity index is 195. The van der Waals surface area contributed by atoms with Crippen molar-refractivity contribution >= 4 is 10.1 Å². The van der Waals surface area contributed by atoms with Crippen LogP contribution in [0.2, 0.25) is 0 Å². The average Bonchev–Trinajstić information content (AvgIpc) is 1.94. The van der Waals surface area contributed by atoms with E-state index in [1.54, 1.807) is 0 Å². The Labute approximate surface area is 61.5 Å². The summed E-state index contributed by atoms with van der Waals surface area (Å²) >= 11 is 0. The van der Waals surface area contributed by atoms with Crippen LogP contribution in [-0.2, 0) is 14.3 Å². The highest BCUT2D eigenvalue weighted by Gasteiger charge is 2.18. The van der Waals surface area contributed by atoms with Crippen molar-refractivity contribution in [3.8, 4) is 0 Å². The average molecular weight is 164 g/mol. The van der Waals surface area contributed by atoms with E-state index in [2.05, 4.69) is 4.18 Å². The number of hydrogen-bond acceptors (Lipinski definition) is 3. The molecule has 0 radical (unpaired) electrons. The molecule has 3 nitrogen and oxygen atoms in total. The summed E-state index contributed by atoms with van der Waals surface area (Å²) in [6, 6.07) is 0. The first-order valence-electron chi connectivity index (χ1n) is 3.47. The molecule has 1 atom stereocenters. The van der Waals surface area contributed by atoms with Crippen LogP contribution in [0, 0.1) is 5.92 Å². The van der Waals surface area contributed by atoms with E-state index in [0.717, 1.165) is 12.8 Å². The molecule has 0 bridgehead atoms. The van der Waals surface area contributed by atoms with Crippen LogP contribution >= 0.6 is 0 Å². The second kappa shape index (κ2) is 2.88. The maximum Gasteiger partial charge on any atom is 0.267 e. The molecule has 1 fully saturated rings. The fourth-order valence-corrected chi connectivity index (χ4v) is 2.08. The third-order valence-corrected chi connectivity index (χ3v) is 3.00. The first-order chi connectivity index (χ1) is 4.60. The predicted octanol–water partition coefficient (Wildman–Crippen LogP) is 0.763. The Balaban J connectivity index is 2.58. The first-order valence-corrected chi connectivity index (χ1v) is 5.05. The molecule has 0 N–H and O–H groups in total. The molecular weight excluding hydrogens is 152 g/mol. The highest BCUT2D eigenvalue weighted by atomic mass is 32.2. The number of rotatable bonds is 0. The van der Waals surface area contributed by atoms with E-state index in [1.165, 1.54) is 0 Å². The van der Waals surface area contributed by atoms with Crippen LogP contribution in [0.4, 0.5) is 0 Å². The van der Waals surface area contributed by atoms with Gasteiger partial charge < -0.3 is 0 Å². The van der Waals surface area contributed by atoms with Gasteiger partial charge in [0.1, 0.15) is 0 Å². The van der Waals surface area contributed by atoms with Gasteiger partial charge in [0.25, 0.3) is 10.1 Å². The molecule has 1 rings (SSSR count). The van der Waals surface area contributed by atoms with Gasteiger partial charge in [-0.2, -0.15) is 8.42 Å². The molecule has 0 saturated carbocycles. The Morgan fingerprint density at radius 1 is 1.40 bits per heavy atom. The van der Waals surface area contributed by atoms with Crippen molar-refractivity contribution in [1.29, 1.82) is 0 Å². The maximum absolute atomic E-state index is 10.8. The van der Waals surface area contributed by atoms with Crippen LogP contribution in [-0.4, -0.2) is 20.8 Å². The normalized spacial score (nSPS) is 33.1. The third kappa shape index (κ3) is 2.27. The lowest BCUT2D eigenvalue weighted by molar-refractivity contribution is 0.304. The molecule has 1 unspecified atom stereocenters. The van der Waals surface area contributed by atoms with Crippen LogP contribution in [0.5, 0.6) is 0 Å². The van der Waals surface area contributed by atoms with Crippen LogP contribution in [0.1, 0.15) is 19.8 Å². The standard InChI is InChI=1S/C6H12O3S/c1-6-2-4-9-10(7,8)5-3-6/h6H,2-5H2,1H3. The maximum atomic E-state index is 10.8. The minimum absolute atomic E-state index is 0.189. The molecule has 60 valence electrons. The Morgan fingerprint density at radius 2 is 2.10 bits per heavy atom. The second-order valence-electron chi connectivity index (χ2n) is 2.77. The molecular formula is C6H12O3S. The molecule has 0 aliphatic carbocycles. The van der Waals surface area contributed by atoms with E-state index in [-0.39, 0.29) is 5.75 Å². The summed E-state index contributed by atoms with van der Waals surface area (Å²) in [6.45, 7) is 2.41. The third-order valence-electron chi connectivity index (χ3n) is 1.73. The highest BCUT2D eigenvalue weighted by molar-refractivity contribution is 7.86. The molecule has 1 heterocycles. The zero-order valence-corrected chi connectivity index (χ0v) is 6.86. The smallest absolute Gasteiger partial charge is 0.267 e. The van der Waals surface area contributed by atoms with E-state index in [0.29, 0.717) is 12.5 Å². The van der Waals surface area contributed by atoms with Gasteiger partial charge in [-0.1, -0.05) is 6.92 Å². The van der Waals surface area contributed by atoms with Crippen molar-refractivity contribution in [3.05, 3.63) is 0 Å². The van der Waals surface area contributed by atoms with Gasteiger partial charge >= 0.3 is 0 Å². The molecule has 4 heteroatoms. The Kier molecular flexibility index (Phi) is 2.31. The summed E-state index contributed by atoms with van der Waals surface area (Å²) in [5.74, 6) is 0.672. The van der Waals surface area contributed by atoms with E-state index in [4.69, 9.17) is 0 Å². The van der Waals surface area contributed by atoms with E-state index < -0.39 is 10.1 Å². The molecule has 0 aromatic rings. The summed E-state index contributed by atoms with van der Waals surface area (Å²) in [4.78, 5) is 0. The van der Waals surface area contributed by atoms with Crippen molar-refractivity contribution in [3.63, 3.8) is 0 Å². The zero-order chi connectivity index (χ0) is 7.61. The van der Waals surface area contributed by atoms with Gasteiger partial charge in [-0.25, -0.2) is 0 Å². The molecule has 0 aromatic heterocycles.